The number of hydrogen-bond donors (Lipinski definition) is 2. The van der Waals surface area contributed by atoms with Crippen molar-refractivity contribution in [2.24, 2.45) is 9.98 Å². The summed E-state index contributed by atoms with van der Waals surface area (Å²) in [4.78, 5) is 9.57. The van der Waals surface area contributed by atoms with Gasteiger partial charge in [0.2, 0.25) is 0 Å². The molecule has 0 amide bonds. The van der Waals surface area contributed by atoms with E-state index in [4.69, 9.17) is 9.98 Å². The van der Waals surface area contributed by atoms with E-state index in [1.165, 1.54) is 0 Å². The van der Waals surface area contributed by atoms with Crippen LogP contribution in [-0.2, 0) is 16.8 Å². The van der Waals surface area contributed by atoms with E-state index in [0.29, 0.717) is 11.5 Å². The van der Waals surface area contributed by atoms with E-state index in [9.17, 15) is 10.2 Å². The number of benzene rings is 2. The predicted octanol–water partition coefficient (Wildman–Crippen LogP) is 4.35. The maximum Gasteiger partial charge on any atom is 0.127 e. The van der Waals surface area contributed by atoms with Crippen LogP contribution >= 0.6 is 0 Å². The van der Waals surface area contributed by atoms with Crippen molar-refractivity contribution in [1.29, 1.82) is 0 Å². The number of hydrogen-bond acceptors (Lipinski definition) is 4. The fourth-order valence-corrected chi connectivity index (χ4v) is 3.97. The van der Waals surface area contributed by atoms with Crippen LogP contribution in [0.3, 0.4) is 0 Å². The first-order valence-electron chi connectivity index (χ1n) is 10.0. The van der Waals surface area contributed by atoms with Gasteiger partial charge in [-0.15, -0.1) is 0 Å². The van der Waals surface area contributed by atoms with E-state index < -0.39 is 0 Å². The second kappa shape index (κ2) is 13.7. The monoisotopic (exact) mass is 682 g/mol. The van der Waals surface area contributed by atoms with Crippen molar-refractivity contribution in [2.45, 2.75) is 65.5 Å². The zero-order valence-electron chi connectivity index (χ0n) is 18.6. The van der Waals surface area contributed by atoms with Crippen LogP contribution in [0.2, 0.25) is 0 Å². The zero-order chi connectivity index (χ0) is 20.3. The van der Waals surface area contributed by atoms with Gasteiger partial charge < -0.3 is 15.7 Å². The van der Waals surface area contributed by atoms with Crippen molar-refractivity contribution in [1.82, 2.24) is 0 Å². The van der Waals surface area contributed by atoms with Crippen molar-refractivity contribution >= 4 is 12.4 Å². The van der Waals surface area contributed by atoms with E-state index in [0.717, 1.165) is 59.1 Å². The van der Waals surface area contributed by atoms with Gasteiger partial charge in [-0.25, -0.2) is 0 Å². The molecule has 0 spiro atoms. The number of aliphatic imine (C=N–C) groups is 2. The molecule has 0 aliphatic heterocycles. The van der Waals surface area contributed by atoms with Crippen molar-refractivity contribution < 1.29 is 76.5 Å². The van der Waals surface area contributed by atoms with E-state index in [1.807, 2.05) is 52.0 Å². The zero-order valence-corrected chi connectivity index (χ0v) is 24.4. The molecule has 0 aromatic heterocycles. The maximum atomic E-state index is 10.3. The standard InChI is InChI=1S/C24H30N2O2.Ac.Co.H2O/c1-15-9-17(3)23(27)19(11-15)13-25-21-7-5-6-8-22(21)26-14-20-12-16(2)10-18(4)24(20)28;;;/h9-14,21-22,27-28H,5-8H2,1-4H3;;;1H2/t21-,22-;;;/m1.../s1. The Morgan fingerprint density at radius 2 is 1.10 bits per heavy atom. The number of aryl methyl sites for hydroxylation is 4. The van der Waals surface area contributed by atoms with Crippen molar-refractivity contribution in [3.63, 3.8) is 0 Å². The molecule has 1 aliphatic carbocycles. The maximum absolute atomic E-state index is 10.3. The van der Waals surface area contributed by atoms with E-state index in [1.54, 1.807) is 12.4 Å². The average Bonchev–Trinajstić information content (AvgIpc) is 2.65. The van der Waals surface area contributed by atoms with Crippen LogP contribution in [0.1, 0.15) is 59.1 Å². The average molecular weight is 682 g/mol. The molecule has 2 radical (unpaired) electrons. The van der Waals surface area contributed by atoms with E-state index in [-0.39, 0.29) is 78.4 Å². The molecule has 2 aromatic carbocycles. The third kappa shape index (κ3) is 7.98. The van der Waals surface area contributed by atoms with Crippen molar-refractivity contribution in [2.75, 3.05) is 0 Å². The second-order valence-electron chi connectivity index (χ2n) is 8.01. The first kappa shape index (κ1) is 30.3. The summed E-state index contributed by atoms with van der Waals surface area (Å²) in [5.74, 6) is 0.593. The molecular weight excluding hydrogens is 650 g/mol. The Hall–Kier alpha value is -0.712. The van der Waals surface area contributed by atoms with Gasteiger partial charge in [0.15, 0.2) is 0 Å². The normalized spacial score (nSPS) is 18.3. The van der Waals surface area contributed by atoms with Gasteiger partial charge in [-0.05, 0) is 74.9 Å². The van der Waals surface area contributed by atoms with Gasteiger partial charge in [-0.1, -0.05) is 25.0 Å². The topological polar surface area (TPSA) is 96.7 Å². The summed E-state index contributed by atoms with van der Waals surface area (Å²) in [5.41, 5.74) is 5.48. The SMILES string of the molecule is Cc1cc(C)c(O)c(C=N[C@@H]2CCCC[C@H]2N=Cc2cc(C)cc(C)c2O)c1.O.[Ac].[Co]. The Labute approximate surface area is 231 Å². The molecule has 5 nitrogen and oxygen atoms in total. The molecule has 0 bridgehead atoms. The third-order valence-corrected chi connectivity index (χ3v) is 5.45. The number of rotatable bonds is 4. The van der Waals surface area contributed by atoms with Crippen LogP contribution in [-0.4, -0.2) is 40.2 Å². The smallest absolute Gasteiger partial charge is 0.127 e. The van der Waals surface area contributed by atoms with Gasteiger partial charge >= 0.3 is 0 Å². The Morgan fingerprint density at radius 3 is 1.45 bits per heavy atom. The van der Waals surface area contributed by atoms with Crippen molar-refractivity contribution in [3.05, 3.63) is 57.6 Å². The van der Waals surface area contributed by atoms with Crippen molar-refractivity contribution in [3.8, 4) is 11.5 Å². The summed E-state index contributed by atoms with van der Waals surface area (Å²) in [5, 5.41) is 20.6. The molecule has 3 rings (SSSR count). The van der Waals surface area contributed by atoms with Crippen LogP contribution < -0.4 is 0 Å². The summed E-state index contributed by atoms with van der Waals surface area (Å²) < 4.78 is 0. The third-order valence-electron chi connectivity index (χ3n) is 5.45. The predicted molar refractivity (Wildman–Crippen MR) is 120 cm³/mol. The summed E-state index contributed by atoms with van der Waals surface area (Å²) in [6, 6.07) is 8.05. The van der Waals surface area contributed by atoms with Crippen LogP contribution in [0.5, 0.6) is 11.5 Å². The molecular formula is C24H32AcCoN2O3. The Kier molecular flexibility index (Phi) is 13.4. The van der Waals surface area contributed by atoms with Gasteiger partial charge in [0.1, 0.15) is 11.5 Å². The largest absolute Gasteiger partial charge is 0.507 e. The Morgan fingerprint density at radius 1 is 0.742 bits per heavy atom. The molecule has 168 valence electrons. The minimum atomic E-state index is 0. The molecule has 4 N–H and O–H groups in total. The quantitative estimate of drug-likeness (QED) is 0.470. The molecule has 1 saturated carbocycles. The molecule has 0 unspecified atom stereocenters. The van der Waals surface area contributed by atoms with Gasteiger partial charge in [-0.2, -0.15) is 0 Å². The second-order valence-corrected chi connectivity index (χ2v) is 8.01. The minimum absolute atomic E-state index is 0. The summed E-state index contributed by atoms with van der Waals surface area (Å²) >= 11 is 0. The van der Waals surface area contributed by atoms with Gasteiger partial charge in [-0.3, -0.25) is 9.98 Å². The summed E-state index contributed by atoms with van der Waals surface area (Å²) in [7, 11) is 0. The summed E-state index contributed by atoms with van der Waals surface area (Å²) in [6.45, 7) is 7.86. The molecule has 7 heteroatoms. The summed E-state index contributed by atoms with van der Waals surface area (Å²) in [6.07, 6.45) is 7.85. The fraction of sp³-hybridized carbons (Fsp3) is 0.417. The first-order chi connectivity index (χ1) is 13.3. The molecule has 0 heterocycles. The van der Waals surface area contributed by atoms with Crippen LogP contribution in [0.25, 0.3) is 0 Å². The van der Waals surface area contributed by atoms with Gasteiger partial charge in [0.25, 0.3) is 0 Å². The Bertz CT molecular complexity index is 856. The molecule has 2 aromatic rings. The number of phenolic OH excluding ortho intramolecular Hbond substituents is 2. The van der Waals surface area contributed by atoms with E-state index >= 15 is 0 Å². The van der Waals surface area contributed by atoms with Gasteiger partial charge in [0.05, 0.1) is 12.1 Å². The first-order valence-corrected chi connectivity index (χ1v) is 10.0. The number of phenols is 2. The van der Waals surface area contributed by atoms with Crippen LogP contribution in [0.4, 0.5) is 0 Å². The fourth-order valence-electron chi connectivity index (χ4n) is 3.97. The van der Waals surface area contributed by atoms with Gasteiger partial charge in [0, 0.05) is 84.4 Å². The Balaban J connectivity index is 0.00000300. The molecule has 0 saturated heterocycles. The van der Waals surface area contributed by atoms with E-state index in [2.05, 4.69) is 0 Å². The molecule has 31 heavy (non-hydrogen) atoms. The number of aromatic hydroxyl groups is 2. The number of nitrogens with zero attached hydrogens (tertiary/aromatic N) is 2. The van der Waals surface area contributed by atoms with Crippen LogP contribution in [0.15, 0.2) is 34.3 Å². The molecule has 1 aliphatic rings. The minimum Gasteiger partial charge on any atom is -0.507 e. The van der Waals surface area contributed by atoms with Crippen LogP contribution in [0, 0.1) is 71.8 Å². The molecule has 2 atom stereocenters. The molecule has 1 fully saturated rings.